The van der Waals surface area contributed by atoms with Crippen LogP contribution in [0.5, 0.6) is 5.75 Å². The van der Waals surface area contributed by atoms with Crippen molar-refractivity contribution in [2.75, 3.05) is 32.8 Å². The summed E-state index contributed by atoms with van der Waals surface area (Å²) in [6.07, 6.45) is 1.07. The van der Waals surface area contributed by atoms with E-state index in [1.807, 2.05) is 29.2 Å². The first kappa shape index (κ1) is 17.8. The zero-order chi connectivity index (χ0) is 16.8. The average molecular weight is 318 g/mol. The minimum absolute atomic E-state index is 0.134. The molecule has 1 heterocycles. The van der Waals surface area contributed by atoms with Gasteiger partial charge in [0, 0.05) is 24.7 Å². The molecular formula is C19H30N2O2. The molecule has 4 nitrogen and oxygen atoms in total. The summed E-state index contributed by atoms with van der Waals surface area (Å²) >= 11 is 0. The van der Waals surface area contributed by atoms with Crippen LogP contribution in [0.25, 0.3) is 0 Å². The number of hydrogen-bond donors (Lipinski definition) is 0. The predicted octanol–water partition coefficient (Wildman–Crippen LogP) is 3.28. The molecule has 1 saturated heterocycles. The van der Waals surface area contributed by atoms with E-state index in [4.69, 9.17) is 4.74 Å². The molecule has 1 aromatic carbocycles. The van der Waals surface area contributed by atoms with Crippen LogP contribution in [-0.4, -0.2) is 54.5 Å². The summed E-state index contributed by atoms with van der Waals surface area (Å²) in [6.45, 7) is 13.1. The average Bonchev–Trinajstić information content (AvgIpc) is 3.04. The molecule has 128 valence electrons. The minimum atomic E-state index is 0.134. The van der Waals surface area contributed by atoms with Crippen LogP contribution in [0, 0.1) is 5.92 Å². The third kappa shape index (κ3) is 4.71. The second-order valence-electron chi connectivity index (χ2n) is 6.64. The maximum atomic E-state index is 12.6. The molecule has 1 aromatic rings. The van der Waals surface area contributed by atoms with Crippen molar-refractivity contribution < 1.29 is 9.53 Å². The standard InChI is InChI=1S/C19H30N2O2/c1-5-20(6-2)17-11-12-21(13-17)19(22)16-7-9-18(10-8-16)23-14-15(3)4/h7-10,15,17H,5-6,11-14H2,1-4H3. The van der Waals surface area contributed by atoms with Gasteiger partial charge in [0.15, 0.2) is 0 Å². The third-order valence-electron chi connectivity index (χ3n) is 4.46. The number of benzene rings is 1. The number of carbonyl (C=O) groups excluding carboxylic acids is 1. The lowest BCUT2D eigenvalue weighted by atomic mass is 10.2. The van der Waals surface area contributed by atoms with Gasteiger partial charge in [-0.1, -0.05) is 27.7 Å². The van der Waals surface area contributed by atoms with Crippen molar-refractivity contribution in [2.24, 2.45) is 5.92 Å². The van der Waals surface area contributed by atoms with Gasteiger partial charge in [0.25, 0.3) is 5.91 Å². The van der Waals surface area contributed by atoms with Gasteiger partial charge in [-0.3, -0.25) is 9.69 Å². The molecule has 0 saturated carbocycles. The lowest BCUT2D eigenvalue weighted by molar-refractivity contribution is 0.0778. The lowest BCUT2D eigenvalue weighted by Crippen LogP contribution is -2.38. The highest BCUT2D eigenvalue weighted by Gasteiger charge is 2.29. The molecule has 0 spiro atoms. The molecule has 1 atom stereocenters. The first-order valence-corrected chi connectivity index (χ1v) is 8.81. The van der Waals surface area contributed by atoms with Gasteiger partial charge in [-0.2, -0.15) is 0 Å². The number of likely N-dealkylation sites (N-methyl/N-ethyl adjacent to an activating group) is 1. The van der Waals surface area contributed by atoms with Gasteiger partial charge in [-0.25, -0.2) is 0 Å². The summed E-state index contributed by atoms with van der Waals surface area (Å²) in [4.78, 5) is 17.1. The highest BCUT2D eigenvalue weighted by atomic mass is 16.5. The molecule has 0 aromatic heterocycles. The van der Waals surface area contributed by atoms with Gasteiger partial charge >= 0.3 is 0 Å². The number of amides is 1. The zero-order valence-electron chi connectivity index (χ0n) is 14.9. The number of nitrogens with zero attached hydrogens (tertiary/aromatic N) is 2. The van der Waals surface area contributed by atoms with Gasteiger partial charge in [-0.15, -0.1) is 0 Å². The van der Waals surface area contributed by atoms with E-state index in [9.17, 15) is 4.79 Å². The van der Waals surface area contributed by atoms with Crippen LogP contribution in [0.1, 0.15) is 44.5 Å². The quantitative estimate of drug-likeness (QED) is 0.773. The van der Waals surface area contributed by atoms with E-state index in [0.29, 0.717) is 18.6 Å². The van der Waals surface area contributed by atoms with Crippen LogP contribution in [-0.2, 0) is 0 Å². The number of hydrogen-bond acceptors (Lipinski definition) is 3. The van der Waals surface area contributed by atoms with Gasteiger partial charge in [0.2, 0.25) is 0 Å². The molecule has 4 heteroatoms. The molecule has 23 heavy (non-hydrogen) atoms. The highest BCUT2D eigenvalue weighted by molar-refractivity contribution is 5.94. The van der Waals surface area contributed by atoms with Gasteiger partial charge < -0.3 is 9.64 Å². The van der Waals surface area contributed by atoms with Crippen molar-refractivity contribution in [3.8, 4) is 5.75 Å². The summed E-state index contributed by atoms with van der Waals surface area (Å²) < 4.78 is 5.67. The van der Waals surface area contributed by atoms with E-state index in [0.717, 1.165) is 43.9 Å². The summed E-state index contributed by atoms with van der Waals surface area (Å²) in [6, 6.07) is 8.05. The SMILES string of the molecule is CCN(CC)C1CCN(C(=O)c2ccc(OCC(C)C)cc2)C1. The number of likely N-dealkylation sites (tertiary alicyclic amines) is 1. The Bertz CT molecular complexity index is 495. The monoisotopic (exact) mass is 318 g/mol. The van der Waals surface area contributed by atoms with Crippen molar-refractivity contribution in [1.82, 2.24) is 9.80 Å². The Labute approximate surface area is 140 Å². The summed E-state index contributed by atoms with van der Waals surface area (Å²) in [5, 5.41) is 0. The van der Waals surface area contributed by atoms with Crippen LogP contribution >= 0.6 is 0 Å². The largest absolute Gasteiger partial charge is 0.493 e. The fraction of sp³-hybridized carbons (Fsp3) is 0.632. The summed E-state index contributed by atoms with van der Waals surface area (Å²) in [5.74, 6) is 1.46. The van der Waals surface area contributed by atoms with Crippen molar-refractivity contribution >= 4 is 5.91 Å². The molecule has 0 aliphatic carbocycles. The third-order valence-corrected chi connectivity index (χ3v) is 4.46. The molecule has 1 aliphatic heterocycles. The molecule has 1 fully saturated rings. The minimum Gasteiger partial charge on any atom is -0.493 e. The first-order chi connectivity index (χ1) is 11.0. The van der Waals surface area contributed by atoms with E-state index < -0.39 is 0 Å². The Morgan fingerprint density at radius 2 is 1.91 bits per heavy atom. The van der Waals surface area contributed by atoms with Crippen molar-refractivity contribution in [3.63, 3.8) is 0 Å². The first-order valence-electron chi connectivity index (χ1n) is 8.81. The smallest absolute Gasteiger partial charge is 0.253 e. The summed E-state index contributed by atoms with van der Waals surface area (Å²) in [7, 11) is 0. The highest BCUT2D eigenvalue weighted by Crippen LogP contribution is 2.20. The Morgan fingerprint density at radius 3 is 2.48 bits per heavy atom. The van der Waals surface area contributed by atoms with Gasteiger partial charge in [0.05, 0.1) is 6.61 Å². The van der Waals surface area contributed by atoms with E-state index in [-0.39, 0.29) is 5.91 Å². The lowest BCUT2D eigenvalue weighted by Gasteiger charge is -2.26. The van der Waals surface area contributed by atoms with E-state index >= 15 is 0 Å². The van der Waals surface area contributed by atoms with Crippen molar-refractivity contribution in [1.29, 1.82) is 0 Å². The maximum absolute atomic E-state index is 12.6. The second kappa shape index (κ2) is 8.34. The Kier molecular flexibility index (Phi) is 6.46. The predicted molar refractivity (Wildman–Crippen MR) is 94.0 cm³/mol. The van der Waals surface area contributed by atoms with E-state index in [2.05, 4.69) is 32.6 Å². The Morgan fingerprint density at radius 1 is 1.26 bits per heavy atom. The molecule has 2 rings (SSSR count). The van der Waals surface area contributed by atoms with Crippen LogP contribution in [0.3, 0.4) is 0 Å². The molecular weight excluding hydrogens is 288 g/mol. The molecule has 0 N–H and O–H groups in total. The second-order valence-corrected chi connectivity index (χ2v) is 6.64. The maximum Gasteiger partial charge on any atom is 0.253 e. The molecule has 1 amide bonds. The number of carbonyl (C=O) groups is 1. The zero-order valence-corrected chi connectivity index (χ0v) is 14.9. The Balaban J connectivity index is 1.93. The van der Waals surface area contributed by atoms with E-state index in [1.165, 1.54) is 0 Å². The number of ether oxygens (including phenoxy) is 1. The van der Waals surface area contributed by atoms with E-state index in [1.54, 1.807) is 0 Å². The van der Waals surface area contributed by atoms with Crippen LogP contribution < -0.4 is 4.74 Å². The van der Waals surface area contributed by atoms with Crippen LogP contribution in [0.2, 0.25) is 0 Å². The van der Waals surface area contributed by atoms with Crippen molar-refractivity contribution in [2.45, 2.75) is 40.2 Å². The van der Waals surface area contributed by atoms with Crippen LogP contribution in [0.15, 0.2) is 24.3 Å². The van der Waals surface area contributed by atoms with Crippen LogP contribution in [0.4, 0.5) is 0 Å². The molecule has 0 bridgehead atoms. The number of rotatable bonds is 7. The topological polar surface area (TPSA) is 32.8 Å². The normalized spacial score (nSPS) is 18.0. The van der Waals surface area contributed by atoms with Crippen molar-refractivity contribution in [3.05, 3.63) is 29.8 Å². The Hall–Kier alpha value is -1.55. The van der Waals surface area contributed by atoms with Gasteiger partial charge in [0.1, 0.15) is 5.75 Å². The fourth-order valence-corrected chi connectivity index (χ4v) is 3.10. The molecule has 1 unspecified atom stereocenters. The summed E-state index contributed by atoms with van der Waals surface area (Å²) in [5.41, 5.74) is 0.752. The fourth-order valence-electron chi connectivity index (χ4n) is 3.10. The van der Waals surface area contributed by atoms with Gasteiger partial charge in [-0.05, 0) is 49.7 Å². The molecule has 0 radical (unpaired) electrons. The molecule has 1 aliphatic rings.